The highest BCUT2D eigenvalue weighted by Gasteiger charge is 2.36. The molecule has 2 bridgehead atoms. The Morgan fingerprint density at radius 2 is 1.86 bits per heavy atom. The predicted octanol–water partition coefficient (Wildman–Crippen LogP) is 4.51. The summed E-state index contributed by atoms with van der Waals surface area (Å²) < 4.78 is 5.79. The highest BCUT2D eigenvalue weighted by molar-refractivity contribution is 6.30. The number of amides is 1. The molecule has 2 aromatic rings. The van der Waals surface area contributed by atoms with Crippen molar-refractivity contribution in [3.8, 4) is 11.3 Å². The standard InChI is InChI=1S/C20H24ClN3O2.2ClH/c1-24(17-10-15-6-7-16(11-17)23-15)20(25)9-8-19-22-12-18(26-19)13-2-4-14(21)5-3-13;;/h2-5,12,15-17,23H,6-11H2,1H3;2*1H. The maximum absolute atomic E-state index is 12.6. The topological polar surface area (TPSA) is 58.4 Å². The van der Waals surface area contributed by atoms with Crippen molar-refractivity contribution in [2.45, 2.75) is 56.7 Å². The minimum atomic E-state index is 0. The number of aromatic nitrogens is 1. The fraction of sp³-hybridized carbons (Fsp3) is 0.500. The molecule has 1 N–H and O–H groups in total. The lowest BCUT2D eigenvalue weighted by Crippen LogP contribution is -2.48. The third kappa shape index (κ3) is 5.20. The number of nitrogens with zero attached hydrogens (tertiary/aromatic N) is 2. The molecule has 2 unspecified atom stereocenters. The molecule has 2 fully saturated rings. The van der Waals surface area contributed by atoms with Gasteiger partial charge in [0.15, 0.2) is 11.7 Å². The molecule has 8 heteroatoms. The molecular formula is C20H26Cl3N3O2. The summed E-state index contributed by atoms with van der Waals surface area (Å²) in [6.07, 6.45) is 7.28. The third-order valence-electron chi connectivity index (χ3n) is 5.62. The summed E-state index contributed by atoms with van der Waals surface area (Å²) in [6.45, 7) is 0. The lowest BCUT2D eigenvalue weighted by molar-refractivity contribution is -0.132. The molecule has 28 heavy (non-hydrogen) atoms. The number of carbonyl (C=O) groups is 1. The van der Waals surface area contributed by atoms with Crippen molar-refractivity contribution in [1.29, 1.82) is 0 Å². The van der Waals surface area contributed by atoms with E-state index in [2.05, 4.69) is 10.3 Å². The lowest BCUT2D eigenvalue weighted by Gasteiger charge is -2.35. The summed E-state index contributed by atoms with van der Waals surface area (Å²) in [7, 11) is 1.94. The number of carbonyl (C=O) groups excluding carboxylic acids is 1. The zero-order chi connectivity index (χ0) is 18.1. The highest BCUT2D eigenvalue weighted by Crippen LogP contribution is 2.29. The molecule has 154 valence electrons. The molecule has 2 aliphatic rings. The number of oxazole rings is 1. The summed E-state index contributed by atoms with van der Waals surface area (Å²) in [5, 5.41) is 4.31. The number of halogens is 3. The molecule has 1 aromatic heterocycles. The van der Waals surface area contributed by atoms with Gasteiger partial charge in [0, 0.05) is 48.6 Å². The first-order valence-electron chi connectivity index (χ1n) is 9.31. The predicted molar refractivity (Wildman–Crippen MR) is 116 cm³/mol. The molecule has 2 atom stereocenters. The van der Waals surface area contributed by atoms with Crippen LogP contribution in [0.3, 0.4) is 0 Å². The van der Waals surface area contributed by atoms with E-state index in [9.17, 15) is 4.79 Å². The van der Waals surface area contributed by atoms with Crippen LogP contribution in [-0.4, -0.2) is 41.0 Å². The van der Waals surface area contributed by atoms with E-state index in [1.165, 1.54) is 12.8 Å². The Labute approximate surface area is 183 Å². The second-order valence-corrected chi connectivity index (χ2v) is 7.83. The Morgan fingerprint density at radius 3 is 2.50 bits per heavy atom. The van der Waals surface area contributed by atoms with E-state index in [1.807, 2.05) is 36.2 Å². The Balaban J connectivity index is 0.00000140. The van der Waals surface area contributed by atoms with Crippen LogP contribution in [-0.2, 0) is 11.2 Å². The van der Waals surface area contributed by atoms with Crippen molar-refractivity contribution in [3.63, 3.8) is 0 Å². The molecule has 0 aliphatic carbocycles. The van der Waals surface area contributed by atoms with Crippen molar-refractivity contribution in [3.05, 3.63) is 41.4 Å². The average Bonchev–Trinajstić information content (AvgIpc) is 3.26. The van der Waals surface area contributed by atoms with E-state index in [-0.39, 0.29) is 30.7 Å². The first-order chi connectivity index (χ1) is 12.6. The van der Waals surface area contributed by atoms with E-state index >= 15 is 0 Å². The van der Waals surface area contributed by atoms with Gasteiger partial charge in [0.1, 0.15) is 0 Å². The molecular weight excluding hydrogens is 421 g/mol. The van der Waals surface area contributed by atoms with Gasteiger partial charge < -0.3 is 14.6 Å². The molecule has 3 heterocycles. The fourth-order valence-electron chi connectivity index (χ4n) is 4.11. The van der Waals surface area contributed by atoms with Gasteiger partial charge in [0.25, 0.3) is 0 Å². The van der Waals surface area contributed by atoms with Gasteiger partial charge in [-0.1, -0.05) is 11.6 Å². The van der Waals surface area contributed by atoms with Gasteiger partial charge in [-0.3, -0.25) is 4.79 Å². The largest absolute Gasteiger partial charge is 0.441 e. The van der Waals surface area contributed by atoms with Crippen molar-refractivity contribution in [2.24, 2.45) is 0 Å². The van der Waals surface area contributed by atoms with Crippen LogP contribution in [0, 0.1) is 0 Å². The molecule has 0 saturated carbocycles. The summed E-state index contributed by atoms with van der Waals surface area (Å²) in [4.78, 5) is 18.8. The van der Waals surface area contributed by atoms with Gasteiger partial charge >= 0.3 is 0 Å². The van der Waals surface area contributed by atoms with Crippen LogP contribution in [0.2, 0.25) is 5.02 Å². The van der Waals surface area contributed by atoms with E-state index in [1.54, 1.807) is 6.20 Å². The van der Waals surface area contributed by atoms with Crippen LogP contribution in [0.15, 0.2) is 34.9 Å². The number of piperidine rings is 1. The lowest BCUT2D eigenvalue weighted by atomic mass is 9.98. The Kier molecular flexibility index (Phi) is 8.19. The highest BCUT2D eigenvalue weighted by atomic mass is 35.5. The summed E-state index contributed by atoms with van der Waals surface area (Å²) in [5.74, 6) is 1.47. The number of aryl methyl sites for hydroxylation is 1. The zero-order valence-corrected chi connectivity index (χ0v) is 18.2. The van der Waals surface area contributed by atoms with Crippen molar-refractivity contribution >= 4 is 42.3 Å². The molecule has 5 nitrogen and oxygen atoms in total. The number of hydrogen-bond acceptors (Lipinski definition) is 4. The van der Waals surface area contributed by atoms with Gasteiger partial charge in [0.05, 0.1) is 6.20 Å². The normalized spacial score (nSPS) is 22.9. The van der Waals surface area contributed by atoms with Gasteiger partial charge in [-0.05, 0) is 49.9 Å². The van der Waals surface area contributed by atoms with Crippen LogP contribution in [0.5, 0.6) is 0 Å². The van der Waals surface area contributed by atoms with Crippen LogP contribution in [0.1, 0.15) is 38.0 Å². The fourth-order valence-corrected chi connectivity index (χ4v) is 4.24. The maximum atomic E-state index is 12.6. The van der Waals surface area contributed by atoms with Gasteiger partial charge in [-0.25, -0.2) is 4.98 Å². The Bertz CT molecular complexity index is 769. The molecule has 1 amide bonds. The molecule has 2 saturated heterocycles. The average molecular weight is 447 g/mol. The number of rotatable bonds is 5. The minimum absolute atomic E-state index is 0. The van der Waals surface area contributed by atoms with E-state index in [0.717, 1.165) is 18.4 Å². The smallest absolute Gasteiger partial charge is 0.223 e. The van der Waals surface area contributed by atoms with Gasteiger partial charge in [-0.15, -0.1) is 24.8 Å². The second-order valence-electron chi connectivity index (χ2n) is 7.39. The Hall–Kier alpha value is -1.27. The molecule has 1 aromatic carbocycles. The first-order valence-corrected chi connectivity index (χ1v) is 9.68. The van der Waals surface area contributed by atoms with E-state index in [0.29, 0.717) is 47.6 Å². The van der Waals surface area contributed by atoms with Crippen LogP contribution in [0.4, 0.5) is 0 Å². The van der Waals surface area contributed by atoms with Crippen LogP contribution in [0.25, 0.3) is 11.3 Å². The zero-order valence-electron chi connectivity index (χ0n) is 15.8. The van der Waals surface area contributed by atoms with E-state index in [4.69, 9.17) is 16.0 Å². The Morgan fingerprint density at radius 1 is 1.21 bits per heavy atom. The number of fused-ring (bicyclic) bond motifs is 2. The number of benzene rings is 1. The minimum Gasteiger partial charge on any atom is -0.441 e. The van der Waals surface area contributed by atoms with Crippen LogP contribution >= 0.6 is 36.4 Å². The molecule has 2 aliphatic heterocycles. The SMILES string of the molecule is CN(C(=O)CCc1ncc(-c2ccc(Cl)cc2)o1)C1CC2CCC(C1)N2.Cl.Cl. The summed E-state index contributed by atoms with van der Waals surface area (Å²) in [5.41, 5.74) is 0.932. The molecule has 0 radical (unpaired) electrons. The van der Waals surface area contributed by atoms with Crippen molar-refractivity contribution < 1.29 is 9.21 Å². The summed E-state index contributed by atoms with van der Waals surface area (Å²) >= 11 is 5.91. The maximum Gasteiger partial charge on any atom is 0.223 e. The van der Waals surface area contributed by atoms with Gasteiger partial charge in [-0.2, -0.15) is 0 Å². The van der Waals surface area contributed by atoms with Crippen LogP contribution < -0.4 is 5.32 Å². The quantitative estimate of drug-likeness (QED) is 0.734. The second kappa shape index (κ2) is 9.97. The molecule has 4 rings (SSSR count). The number of nitrogens with one attached hydrogen (secondary N) is 1. The molecule has 0 spiro atoms. The van der Waals surface area contributed by atoms with Gasteiger partial charge in [0.2, 0.25) is 5.91 Å². The number of hydrogen-bond donors (Lipinski definition) is 1. The van der Waals surface area contributed by atoms with Crippen molar-refractivity contribution in [1.82, 2.24) is 15.2 Å². The first kappa shape index (κ1) is 23.0. The third-order valence-corrected chi connectivity index (χ3v) is 5.88. The summed E-state index contributed by atoms with van der Waals surface area (Å²) in [6, 6.07) is 8.97. The van der Waals surface area contributed by atoms with E-state index < -0.39 is 0 Å². The van der Waals surface area contributed by atoms with Crippen molar-refractivity contribution in [2.75, 3.05) is 7.05 Å². The monoisotopic (exact) mass is 445 g/mol.